The van der Waals surface area contributed by atoms with Crippen LogP contribution in [0.25, 0.3) is 0 Å². The minimum Gasteiger partial charge on any atom is -0.176 e. The van der Waals surface area contributed by atoms with Crippen LogP contribution in [0.3, 0.4) is 0 Å². The summed E-state index contributed by atoms with van der Waals surface area (Å²) in [4.78, 5) is 0. The van der Waals surface area contributed by atoms with Gasteiger partial charge in [-0.3, -0.25) is 0 Å². The molecule has 0 aromatic rings. The summed E-state index contributed by atoms with van der Waals surface area (Å²) in [5, 5.41) is 1.67. The Labute approximate surface area is 112 Å². The average Bonchev–Trinajstić information content (AvgIpc) is 2.23. The Kier molecular flexibility index (Phi) is 10.9. The van der Waals surface area contributed by atoms with Crippen LogP contribution in [0, 0.1) is 0 Å². The first kappa shape index (κ1) is 16.1. The number of thiol groups is 3. The van der Waals surface area contributed by atoms with E-state index in [4.69, 9.17) is 0 Å². The van der Waals surface area contributed by atoms with Crippen molar-refractivity contribution in [2.75, 3.05) is 0 Å². The Bertz CT molecular complexity index is 139. The van der Waals surface area contributed by atoms with Gasteiger partial charge < -0.3 is 0 Å². The van der Waals surface area contributed by atoms with Gasteiger partial charge in [0.05, 0.1) is 0 Å². The maximum absolute atomic E-state index is 4.62. The van der Waals surface area contributed by atoms with Gasteiger partial charge in [-0.05, 0) is 38.5 Å². The molecule has 0 nitrogen and oxygen atoms in total. The summed E-state index contributed by atoms with van der Waals surface area (Å²) in [6.45, 7) is 4.41. The van der Waals surface area contributed by atoms with Gasteiger partial charge in [0.1, 0.15) is 0 Å². The zero-order valence-corrected chi connectivity index (χ0v) is 12.7. The summed E-state index contributed by atoms with van der Waals surface area (Å²) in [5.74, 6) is 0. The molecule has 0 aromatic heterocycles. The molecule has 3 heteroatoms. The second-order valence-electron chi connectivity index (χ2n) is 4.31. The standard InChI is InChI=1S/C12H26S3/c1-3-5-11(14)8-9-12(15)7-6-10(13)4-2/h10-15H,3-9H2,1-2H3. The van der Waals surface area contributed by atoms with Gasteiger partial charge in [-0.2, -0.15) is 37.9 Å². The highest BCUT2D eigenvalue weighted by atomic mass is 32.1. The van der Waals surface area contributed by atoms with Crippen LogP contribution in [0.15, 0.2) is 0 Å². The monoisotopic (exact) mass is 266 g/mol. The van der Waals surface area contributed by atoms with Crippen LogP contribution in [0.2, 0.25) is 0 Å². The Morgan fingerprint density at radius 3 is 1.47 bits per heavy atom. The maximum Gasteiger partial charge on any atom is 0.00176 e. The molecule has 0 rings (SSSR count). The van der Waals surface area contributed by atoms with Gasteiger partial charge in [0.2, 0.25) is 0 Å². The molecular weight excluding hydrogens is 240 g/mol. The SMILES string of the molecule is CCCC(S)CCC(S)CCC(S)CC. The van der Waals surface area contributed by atoms with Gasteiger partial charge in [0.15, 0.2) is 0 Å². The van der Waals surface area contributed by atoms with Crippen molar-refractivity contribution >= 4 is 37.9 Å². The molecule has 3 atom stereocenters. The quantitative estimate of drug-likeness (QED) is 0.497. The molecule has 0 saturated heterocycles. The predicted octanol–water partition coefficient (Wildman–Crippen LogP) is 4.65. The second kappa shape index (κ2) is 10.2. The lowest BCUT2D eigenvalue weighted by molar-refractivity contribution is 0.589. The van der Waals surface area contributed by atoms with Gasteiger partial charge in [0.25, 0.3) is 0 Å². The molecule has 92 valence electrons. The molecule has 0 amide bonds. The number of hydrogen-bond acceptors (Lipinski definition) is 3. The summed E-state index contributed by atoms with van der Waals surface area (Å²) in [6.07, 6.45) is 8.41. The molecule has 0 N–H and O–H groups in total. The van der Waals surface area contributed by atoms with E-state index >= 15 is 0 Å². The molecule has 15 heavy (non-hydrogen) atoms. The first-order chi connectivity index (χ1) is 7.10. The average molecular weight is 267 g/mol. The molecule has 0 fully saturated rings. The van der Waals surface area contributed by atoms with E-state index in [0.29, 0.717) is 15.7 Å². The Morgan fingerprint density at radius 2 is 1.07 bits per heavy atom. The molecule has 3 unspecified atom stereocenters. The van der Waals surface area contributed by atoms with Crippen LogP contribution < -0.4 is 0 Å². The summed E-state index contributed by atoms with van der Waals surface area (Å²) in [5.41, 5.74) is 0. The van der Waals surface area contributed by atoms with Gasteiger partial charge in [-0.15, -0.1) is 0 Å². The Morgan fingerprint density at radius 1 is 0.667 bits per heavy atom. The lowest BCUT2D eigenvalue weighted by Crippen LogP contribution is -2.07. The topological polar surface area (TPSA) is 0 Å². The lowest BCUT2D eigenvalue weighted by atomic mass is 10.1. The molecule has 0 saturated carbocycles. The van der Waals surface area contributed by atoms with E-state index in [1.54, 1.807) is 0 Å². The van der Waals surface area contributed by atoms with Crippen LogP contribution in [0.1, 0.15) is 58.8 Å². The smallest absolute Gasteiger partial charge is 0.00176 e. The van der Waals surface area contributed by atoms with Gasteiger partial charge in [-0.1, -0.05) is 20.3 Å². The number of hydrogen-bond donors (Lipinski definition) is 3. The highest BCUT2D eigenvalue weighted by molar-refractivity contribution is 7.81. The molecule has 0 spiro atoms. The van der Waals surface area contributed by atoms with Crippen LogP contribution >= 0.6 is 37.9 Å². The van der Waals surface area contributed by atoms with Crippen molar-refractivity contribution in [3.05, 3.63) is 0 Å². The highest BCUT2D eigenvalue weighted by Crippen LogP contribution is 2.20. The lowest BCUT2D eigenvalue weighted by Gasteiger charge is -2.15. The fourth-order valence-corrected chi connectivity index (χ4v) is 2.45. The van der Waals surface area contributed by atoms with E-state index in [1.807, 2.05) is 0 Å². The molecule has 0 aliphatic heterocycles. The van der Waals surface area contributed by atoms with E-state index < -0.39 is 0 Å². The minimum absolute atomic E-state index is 0.540. The van der Waals surface area contributed by atoms with Crippen LogP contribution in [0.4, 0.5) is 0 Å². The highest BCUT2D eigenvalue weighted by Gasteiger charge is 2.09. The molecule has 0 aromatic carbocycles. The largest absolute Gasteiger partial charge is 0.176 e. The third-order valence-corrected chi connectivity index (χ3v) is 4.42. The molecule has 0 radical (unpaired) electrons. The summed E-state index contributed by atoms with van der Waals surface area (Å²) >= 11 is 13.7. The number of rotatable bonds is 9. The zero-order chi connectivity index (χ0) is 11.7. The van der Waals surface area contributed by atoms with Crippen molar-refractivity contribution in [3.8, 4) is 0 Å². The van der Waals surface area contributed by atoms with Crippen molar-refractivity contribution < 1.29 is 0 Å². The third-order valence-electron chi connectivity index (χ3n) is 2.76. The fourth-order valence-electron chi connectivity index (χ4n) is 1.60. The van der Waals surface area contributed by atoms with E-state index in [-0.39, 0.29) is 0 Å². The summed E-state index contributed by atoms with van der Waals surface area (Å²) in [7, 11) is 0. The van der Waals surface area contributed by atoms with Crippen molar-refractivity contribution in [3.63, 3.8) is 0 Å². The molecular formula is C12H26S3. The van der Waals surface area contributed by atoms with Gasteiger partial charge in [0, 0.05) is 15.7 Å². The van der Waals surface area contributed by atoms with Crippen molar-refractivity contribution in [2.45, 2.75) is 74.5 Å². The predicted molar refractivity (Wildman–Crippen MR) is 82.0 cm³/mol. The fraction of sp³-hybridized carbons (Fsp3) is 1.00. The molecule has 0 bridgehead atoms. The van der Waals surface area contributed by atoms with Crippen molar-refractivity contribution in [1.82, 2.24) is 0 Å². The zero-order valence-electron chi connectivity index (χ0n) is 10.0. The Hall–Kier alpha value is 1.05. The van der Waals surface area contributed by atoms with Gasteiger partial charge >= 0.3 is 0 Å². The van der Waals surface area contributed by atoms with E-state index in [1.165, 1.54) is 38.5 Å². The van der Waals surface area contributed by atoms with E-state index in [0.717, 1.165) is 6.42 Å². The summed E-state index contributed by atoms with van der Waals surface area (Å²) in [6, 6.07) is 0. The van der Waals surface area contributed by atoms with Gasteiger partial charge in [-0.25, -0.2) is 0 Å². The van der Waals surface area contributed by atoms with Crippen molar-refractivity contribution in [2.24, 2.45) is 0 Å². The second-order valence-corrected chi connectivity index (χ2v) is 6.50. The first-order valence-electron chi connectivity index (χ1n) is 6.14. The van der Waals surface area contributed by atoms with Crippen LogP contribution in [-0.2, 0) is 0 Å². The van der Waals surface area contributed by atoms with Crippen LogP contribution in [-0.4, -0.2) is 15.7 Å². The normalized spacial score (nSPS) is 17.4. The molecule has 0 aliphatic rings. The minimum atomic E-state index is 0.540. The van der Waals surface area contributed by atoms with E-state index in [2.05, 4.69) is 51.7 Å². The third kappa shape index (κ3) is 9.95. The maximum atomic E-state index is 4.62. The van der Waals surface area contributed by atoms with Crippen molar-refractivity contribution in [1.29, 1.82) is 0 Å². The Balaban J connectivity index is 3.44. The molecule has 0 heterocycles. The van der Waals surface area contributed by atoms with Crippen LogP contribution in [0.5, 0.6) is 0 Å². The first-order valence-corrected chi connectivity index (χ1v) is 7.69. The molecule has 0 aliphatic carbocycles. The van der Waals surface area contributed by atoms with E-state index in [9.17, 15) is 0 Å². The summed E-state index contributed by atoms with van der Waals surface area (Å²) < 4.78 is 0.